The molecule has 1 rings (SSSR count). The van der Waals surface area contributed by atoms with Crippen LogP contribution in [0.15, 0.2) is 21.2 Å². The quantitative estimate of drug-likeness (QED) is 0.834. The van der Waals surface area contributed by atoms with Crippen LogP contribution in [0.25, 0.3) is 0 Å². The summed E-state index contributed by atoms with van der Waals surface area (Å²) in [4.78, 5) is 0. The molecule has 92 valence electrons. The number of likely N-dealkylation sites (N-methyl/N-ethyl adjacent to an activating group) is 1. The maximum absolute atomic E-state index is 5.74. The van der Waals surface area contributed by atoms with Crippen molar-refractivity contribution in [3.05, 3.63) is 22.6 Å². The maximum atomic E-state index is 5.74. The van der Waals surface area contributed by atoms with E-state index >= 15 is 0 Å². The molecule has 0 amide bonds. The summed E-state index contributed by atoms with van der Waals surface area (Å²) in [5, 5.41) is 3.41. The lowest BCUT2D eigenvalue weighted by Gasteiger charge is -2.25. The Morgan fingerprint density at radius 3 is 2.62 bits per heavy atom. The van der Waals surface area contributed by atoms with E-state index in [4.69, 9.17) is 9.15 Å². The van der Waals surface area contributed by atoms with Gasteiger partial charge in [-0.2, -0.15) is 0 Å². The fraction of sp³-hybridized carbons (Fsp3) is 0.667. The van der Waals surface area contributed by atoms with Crippen molar-refractivity contribution in [2.75, 3.05) is 13.2 Å². The number of furan rings is 1. The van der Waals surface area contributed by atoms with Gasteiger partial charge in [0, 0.05) is 6.61 Å². The standard InChI is InChI=1S/C12H20BrNO2/c1-4-10(15-6-3)11(14-5-2)12-9(13)7-8-16-12/h7-8,10-11,14H,4-6H2,1-3H3. The molecule has 0 bridgehead atoms. The highest BCUT2D eigenvalue weighted by Gasteiger charge is 2.25. The van der Waals surface area contributed by atoms with Gasteiger partial charge in [-0.15, -0.1) is 0 Å². The minimum atomic E-state index is 0.110. The van der Waals surface area contributed by atoms with Gasteiger partial charge in [0.15, 0.2) is 0 Å². The first-order valence-corrected chi connectivity index (χ1v) is 6.61. The Kier molecular flexibility index (Phi) is 6.09. The van der Waals surface area contributed by atoms with Gasteiger partial charge in [-0.1, -0.05) is 13.8 Å². The normalized spacial score (nSPS) is 15.0. The van der Waals surface area contributed by atoms with Gasteiger partial charge in [0.05, 0.1) is 22.9 Å². The molecular formula is C12H20BrNO2. The van der Waals surface area contributed by atoms with Gasteiger partial charge in [-0.3, -0.25) is 0 Å². The lowest BCUT2D eigenvalue weighted by Crippen LogP contribution is -2.33. The van der Waals surface area contributed by atoms with E-state index in [1.165, 1.54) is 0 Å². The van der Waals surface area contributed by atoms with E-state index in [0.29, 0.717) is 0 Å². The first-order chi connectivity index (χ1) is 7.74. The average molecular weight is 290 g/mol. The van der Waals surface area contributed by atoms with Crippen molar-refractivity contribution in [2.24, 2.45) is 0 Å². The van der Waals surface area contributed by atoms with Crippen LogP contribution in [0.1, 0.15) is 39.0 Å². The van der Waals surface area contributed by atoms with Crippen molar-refractivity contribution in [1.29, 1.82) is 0 Å². The van der Waals surface area contributed by atoms with E-state index in [1.54, 1.807) is 6.26 Å². The van der Waals surface area contributed by atoms with Crippen molar-refractivity contribution in [3.63, 3.8) is 0 Å². The molecule has 0 aliphatic carbocycles. The minimum Gasteiger partial charge on any atom is -0.466 e. The Morgan fingerprint density at radius 2 is 2.19 bits per heavy atom. The largest absolute Gasteiger partial charge is 0.466 e. The molecule has 0 fully saturated rings. The Morgan fingerprint density at radius 1 is 1.44 bits per heavy atom. The van der Waals surface area contributed by atoms with E-state index in [0.717, 1.165) is 29.8 Å². The Balaban J connectivity index is 2.84. The number of hydrogen-bond acceptors (Lipinski definition) is 3. The van der Waals surface area contributed by atoms with Crippen LogP contribution in [0.5, 0.6) is 0 Å². The molecule has 16 heavy (non-hydrogen) atoms. The smallest absolute Gasteiger partial charge is 0.137 e. The highest BCUT2D eigenvalue weighted by atomic mass is 79.9. The molecule has 0 radical (unpaired) electrons. The highest BCUT2D eigenvalue weighted by molar-refractivity contribution is 9.10. The van der Waals surface area contributed by atoms with Crippen LogP contribution >= 0.6 is 15.9 Å². The Bertz CT molecular complexity index is 301. The van der Waals surface area contributed by atoms with E-state index < -0.39 is 0 Å². The van der Waals surface area contributed by atoms with Crippen LogP contribution < -0.4 is 5.32 Å². The van der Waals surface area contributed by atoms with Crippen molar-refractivity contribution >= 4 is 15.9 Å². The van der Waals surface area contributed by atoms with Crippen LogP contribution in [0.2, 0.25) is 0 Å². The van der Waals surface area contributed by atoms with Gasteiger partial charge in [0.2, 0.25) is 0 Å². The molecule has 1 aromatic rings. The zero-order valence-electron chi connectivity index (χ0n) is 10.1. The summed E-state index contributed by atoms with van der Waals surface area (Å²) in [6.45, 7) is 7.84. The van der Waals surface area contributed by atoms with E-state index in [2.05, 4.69) is 35.1 Å². The topological polar surface area (TPSA) is 34.4 Å². The maximum Gasteiger partial charge on any atom is 0.137 e. The molecule has 2 unspecified atom stereocenters. The molecule has 0 aromatic carbocycles. The lowest BCUT2D eigenvalue weighted by atomic mass is 10.1. The van der Waals surface area contributed by atoms with Crippen molar-refractivity contribution in [2.45, 2.75) is 39.3 Å². The number of rotatable bonds is 7. The predicted octanol–water partition coefficient (Wildman–Crippen LogP) is 3.51. The first-order valence-electron chi connectivity index (χ1n) is 5.82. The average Bonchev–Trinajstić information content (AvgIpc) is 2.69. The summed E-state index contributed by atoms with van der Waals surface area (Å²) < 4.78 is 12.3. The SMILES string of the molecule is CCNC(c1occc1Br)C(CC)OCC. The van der Waals surface area contributed by atoms with Crippen molar-refractivity contribution in [1.82, 2.24) is 5.32 Å². The molecule has 0 saturated carbocycles. The zero-order chi connectivity index (χ0) is 12.0. The summed E-state index contributed by atoms with van der Waals surface area (Å²) in [7, 11) is 0. The molecule has 0 aliphatic heterocycles. The molecule has 1 heterocycles. The summed E-state index contributed by atoms with van der Waals surface area (Å²) in [6.07, 6.45) is 2.80. The lowest BCUT2D eigenvalue weighted by molar-refractivity contribution is 0.0260. The summed E-state index contributed by atoms with van der Waals surface area (Å²) in [5.74, 6) is 0.919. The Labute approximate surface area is 106 Å². The van der Waals surface area contributed by atoms with Crippen LogP contribution in [0.4, 0.5) is 0 Å². The third-order valence-electron chi connectivity index (χ3n) is 2.51. The first kappa shape index (κ1) is 13.7. The second kappa shape index (κ2) is 7.09. The monoisotopic (exact) mass is 289 g/mol. The molecule has 2 atom stereocenters. The summed E-state index contributed by atoms with van der Waals surface area (Å²) in [5.41, 5.74) is 0. The predicted molar refractivity (Wildman–Crippen MR) is 68.5 cm³/mol. The molecule has 1 N–H and O–H groups in total. The van der Waals surface area contributed by atoms with Crippen molar-refractivity contribution in [3.8, 4) is 0 Å². The second-order valence-electron chi connectivity index (χ2n) is 3.57. The third-order valence-corrected chi connectivity index (χ3v) is 3.16. The third kappa shape index (κ3) is 3.34. The van der Waals surface area contributed by atoms with Gasteiger partial charge >= 0.3 is 0 Å². The molecule has 0 saturated heterocycles. The molecular weight excluding hydrogens is 270 g/mol. The Hall–Kier alpha value is -0.320. The van der Waals surface area contributed by atoms with Crippen LogP contribution in [-0.4, -0.2) is 19.3 Å². The minimum absolute atomic E-state index is 0.110. The molecule has 1 aromatic heterocycles. The fourth-order valence-corrected chi connectivity index (χ4v) is 2.25. The summed E-state index contributed by atoms with van der Waals surface area (Å²) >= 11 is 3.50. The number of hydrogen-bond donors (Lipinski definition) is 1. The van der Waals surface area contributed by atoms with Gasteiger partial charge < -0.3 is 14.5 Å². The van der Waals surface area contributed by atoms with Gasteiger partial charge in [-0.25, -0.2) is 0 Å². The molecule has 3 nitrogen and oxygen atoms in total. The van der Waals surface area contributed by atoms with Crippen LogP contribution in [-0.2, 0) is 4.74 Å². The zero-order valence-corrected chi connectivity index (χ0v) is 11.7. The van der Waals surface area contributed by atoms with Crippen LogP contribution in [0, 0.1) is 0 Å². The van der Waals surface area contributed by atoms with Crippen LogP contribution in [0.3, 0.4) is 0 Å². The van der Waals surface area contributed by atoms with Gasteiger partial charge in [0.25, 0.3) is 0 Å². The van der Waals surface area contributed by atoms with E-state index in [-0.39, 0.29) is 12.1 Å². The van der Waals surface area contributed by atoms with Crippen molar-refractivity contribution < 1.29 is 9.15 Å². The number of ether oxygens (including phenoxy) is 1. The second-order valence-corrected chi connectivity index (χ2v) is 4.42. The van der Waals surface area contributed by atoms with E-state index in [1.807, 2.05) is 13.0 Å². The molecule has 4 heteroatoms. The fourth-order valence-electron chi connectivity index (χ4n) is 1.80. The molecule has 0 spiro atoms. The van der Waals surface area contributed by atoms with E-state index in [9.17, 15) is 0 Å². The number of nitrogens with one attached hydrogen (secondary N) is 1. The summed E-state index contributed by atoms with van der Waals surface area (Å²) in [6, 6.07) is 2.03. The van der Waals surface area contributed by atoms with Gasteiger partial charge in [0.1, 0.15) is 5.76 Å². The number of halogens is 1. The van der Waals surface area contributed by atoms with Gasteiger partial charge in [-0.05, 0) is 41.9 Å². The highest BCUT2D eigenvalue weighted by Crippen LogP contribution is 2.29. The molecule has 0 aliphatic rings.